The molecule has 1 aliphatic rings. The molecule has 1 aromatic carbocycles. The Morgan fingerprint density at radius 2 is 2.00 bits per heavy atom. The van der Waals surface area contributed by atoms with E-state index in [2.05, 4.69) is 5.32 Å². The van der Waals surface area contributed by atoms with Gasteiger partial charge in [0.25, 0.3) is 0 Å². The smallest absolute Gasteiger partial charge is 0.408 e. The summed E-state index contributed by atoms with van der Waals surface area (Å²) in [5.74, 6) is -1.13. The largest absolute Gasteiger partial charge is 0.480 e. The predicted octanol–water partition coefficient (Wildman–Crippen LogP) is 1.94. The minimum Gasteiger partial charge on any atom is -0.480 e. The molecule has 0 unspecified atom stereocenters. The van der Waals surface area contributed by atoms with Crippen molar-refractivity contribution >= 4 is 12.1 Å². The summed E-state index contributed by atoms with van der Waals surface area (Å²) in [5.41, 5.74) is 0.838. The average Bonchev–Trinajstić information content (AvgIpc) is 2.43. The summed E-state index contributed by atoms with van der Waals surface area (Å²) in [6.07, 6.45) is 2.36. The Hall–Kier alpha value is -2.08. The lowest BCUT2D eigenvalue weighted by Gasteiger charge is -2.27. The van der Waals surface area contributed by atoms with Crippen molar-refractivity contribution in [3.05, 3.63) is 35.9 Å². The Balaban J connectivity index is 1.73. The summed E-state index contributed by atoms with van der Waals surface area (Å²) in [5, 5.41) is 11.4. The Kier molecular flexibility index (Phi) is 5.57. The fourth-order valence-electron chi connectivity index (χ4n) is 1.85. The third-order valence-electron chi connectivity index (χ3n) is 3.35. The lowest BCUT2D eigenvalue weighted by Crippen LogP contribution is -2.45. The van der Waals surface area contributed by atoms with Crippen LogP contribution >= 0.6 is 0 Å². The van der Waals surface area contributed by atoms with Gasteiger partial charge in [0.2, 0.25) is 0 Å². The number of aliphatic carboxylic acids is 1. The van der Waals surface area contributed by atoms with Crippen molar-refractivity contribution in [2.45, 2.75) is 38.0 Å². The third kappa shape index (κ3) is 5.07. The topological polar surface area (TPSA) is 84.9 Å². The van der Waals surface area contributed by atoms with Crippen molar-refractivity contribution in [3.8, 4) is 0 Å². The number of amides is 1. The molecule has 21 heavy (non-hydrogen) atoms. The van der Waals surface area contributed by atoms with Gasteiger partial charge >= 0.3 is 12.1 Å². The number of carboxylic acids is 1. The van der Waals surface area contributed by atoms with Crippen LogP contribution in [0, 0.1) is 0 Å². The van der Waals surface area contributed by atoms with Crippen molar-refractivity contribution in [1.82, 2.24) is 5.32 Å². The number of ether oxygens (including phenoxy) is 2. The van der Waals surface area contributed by atoms with Gasteiger partial charge in [-0.05, 0) is 24.8 Å². The molecule has 6 nitrogen and oxygen atoms in total. The van der Waals surface area contributed by atoms with E-state index in [1.807, 2.05) is 30.3 Å². The molecule has 0 aromatic heterocycles. The molecule has 2 rings (SSSR count). The normalized spacial score (nSPS) is 15.8. The highest BCUT2D eigenvalue weighted by Crippen LogP contribution is 2.21. The molecule has 1 amide bonds. The molecule has 0 heterocycles. The lowest BCUT2D eigenvalue weighted by molar-refractivity contribution is -0.142. The highest BCUT2D eigenvalue weighted by atomic mass is 16.5. The number of alkyl carbamates (subject to hydrolysis) is 1. The number of hydrogen-bond acceptors (Lipinski definition) is 4. The number of rotatable bonds is 7. The van der Waals surface area contributed by atoms with Crippen molar-refractivity contribution in [2.75, 3.05) is 6.61 Å². The van der Waals surface area contributed by atoms with Gasteiger partial charge in [0.05, 0.1) is 12.7 Å². The van der Waals surface area contributed by atoms with Crippen LogP contribution in [0.1, 0.15) is 24.8 Å². The molecule has 1 atom stereocenters. The minimum atomic E-state index is -1.13. The van der Waals surface area contributed by atoms with E-state index in [1.54, 1.807) is 0 Å². The van der Waals surface area contributed by atoms with Crippen molar-refractivity contribution < 1.29 is 24.2 Å². The second kappa shape index (κ2) is 7.64. The zero-order chi connectivity index (χ0) is 15.1. The Morgan fingerprint density at radius 3 is 2.57 bits per heavy atom. The maximum absolute atomic E-state index is 11.6. The van der Waals surface area contributed by atoms with Crippen LogP contribution in [0.4, 0.5) is 4.79 Å². The van der Waals surface area contributed by atoms with Crippen LogP contribution in [0.15, 0.2) is 30.3 Å². The zero-order valence-electron chi connectivity index (χ0n) is 11.7. The van der Waals surface area contributed by atoms with Gasteiger partial charge in [0, 0.05) is 0 Å². The summed E-state index contributed by atoms with van der Waals surface area (Å²) in [4.78, 5) is 22.7. The van der Waals surface area contributed by atoms with Crippen LogP contribution in [0.3, 0.4) is 0 Å². The molecular weight excluding hydrogens is 274 g/mol. The molecule has 0 saturated heterocycles. The van der Waals surface area contributed by atoms with Gasteiger partial charge < -0.3 is 19.9 Å². The number of benzene rings is 1. The van der Waals surface area contributed by atoms with Gasteiger partial charge in [0.15, 0.2) is 6.04 Å². The van der Waals surface area contributed by atoms with Gasteiger partial charge in [-0.2, -0.15) is 0 Å². The van der Waals surface area contributed by atoms with Gasteiger partial charge in [0.1, 0.15) is 6.61 Å². The molecule has 1 saturated carbocycles. The number of nitrogens with one attached hydrogen (secondary N) is 1. The first kappa shape index (κ1) is 15.3. The van der Waals surface area contributed by atoms with E-state index < -0.39 is 18.1 Å². The summed E-state index contributed by atoms with van der Waals surface area (Å²) in [6.45, 7) is 0.0585. The highest BCUT2D eigenvalue weighted by molar-refractivity contribution is 5.80. The maximum Gasteiger partial charge on any atom is 0.408 e. The second-order valence-electron chi connectivity index (χ2n) is 4.98. The molecule has 2 N–H and O–H groups in total. The molecule has 0 radical (unpaired) electrons. The summed E-state index contributed by atoms with van der Waals surface area (Å²) in [7, 11) is 0. The Morgan fingerprint density at radius 1 is 1.29 bits per heavy atom. The number of hydrogen-bond donors (Lipinski definition) is 2. The van der Waals surface area contributed by atoms with Crippen LogP contribution in [-0.2, 0) is 20.9 Å². The summed E-state index contributed by atoms with van der Waals surface area (Å²) in [6, 6.07) is 8.09. The highest BCUT2D eigenvalue weighted by Gasteiger charge is 2.25. The maximum atomic E-state index is 11.6. The van der Waals surface area contributed by atoms with Crippen LogP contribution in [0.5, 0.6) is 0 Å². The fraction of sp³-hybridized carbons (Fsp3) is 0.467. The minimum absolute atomic E-state index is 0.0412. The van der Waals surface area contributed by atoms with E-state index in [1.165, 1.54) is 0 Å². The van der Waals surface area contributed by atoms with Crippen molar-refractivity contribution in [1.29, 1.82) is 0 Å². The first-order chi connectivity index (χ1) is 10.1. The Labute approximate surface area is 123 Å². The van der Waals surface area contributed by atoms with Crippen molar-refractivity contribution in [3.63, 3.8) is 0 Å². The number of carbonyl (C=O) groups is 2. The molecule has 0 spiro atoms. The van der Waals surface area contributed by atoms with E-state index in [9.17, 15) is 9.59 Å². The zero-order valence-corrected chi connectivity index (χ0v) is 11.7. The second-order valence-corrected chi connectivity index (χ2v) is 4.98. The first-order valence-electron chi connectivity index (χ1n) is 6.97. The monoisotopic (exact) mass is 293 g/mol. The molecular formula is C15H19NO5. The lowest BCUT2D eigenvalue weighted by atomic mass is 9.96. The standard InChI is InChI=1S/C15H19NO5/c17-14(18)13(10-20-12-7-4-8-12)16-15(19)21-9-11-5-2-1-3-6-11/h1-3,5-6,12-13H,4,7-10H2,(H,16,19)(H,17,18)/t13-/m0/s1. The van der Waals surface area contributed by atoms with Crippen LogP contribution < -0.4 is 5.32 Å². The molecule has 1 aliphatic carbocycles. The van der Waals surface area contributed by atoms with Crippen LogP contribution in [-0.4, -0.2) is 35.9 Å². The molecule has 0 bridgehead atoms. The molecule has 0 aliphatic heterocycles. The molecule has 6 heteroatoms. The average molecular weight is 293 g/mol. The third-order valence-corrected chi connectivity index (χ3v) is 3.35. The fourth-order valence-corrected chi connectivity index (χ4v) is 1.85. The van der Waals surface area contributed by atoms with E-state index in [0.29, 0.717) is 0 Å². The van der Waals surface area contributed by atoms with E-state index in [-0.39, 0.29) is 19.3 Å². The number of carbonyl (C=O) groups excluding carboxylic acids is 1. The van der Waals surface area contributed by atoms with Crippen molar-refractivity contribution in [2.24, 2.45) is 0 Å². The molecule has 1 aromatic rings. The predicted molar refractivity (Wildman–Crippen MR) is 74.8 cm³/mol. The van der Waals surface area contributed by atoms with Gasteiger partial charge in [-0.25, -0.2) is 9.59 Å². The van der Waals surface area contributed by atoms with E-state index >= 15 is 0 Å². The molecule has 114 valence electrons. The van der Waals surface area contributed by atoms with Gasteiger partial charge in [-0.15, -0.1) is 0 Å². The van der Waals surface area contributed by atoms with Crippen LogP contribution in [0.25, 0.3) is 0 Å². The summed E-state index contributed by atoms with van der Waals surface area (Å²) >= 11 is 0. The SMILES string of the molecule is O=C(N[C@@H](COC1CCC1)C(=O)O)OCc1ccccc1. The Bertz CT molecular complexity index is 472. The van der Waals surface area contributed by atoms with E-state index in [4.69, 9.17) is 14.6 Å². The quantitative estimate of drug-likeness (QED) is 0.802. The van der Waals surface area contributed by atoms with Gasteiger partial charge in [-0.3, -0.25) is 0 Å². The first-order valence-corrected chi connectivity index (χ1v) is 6.97. The van der Waals surface area contributed by atoms with Crippen LogP contribution in [0.2, 0.25) is 0 Å². The van der Waals surface area contributed by atoms with E-state index in [0.717, 1.165) is 24.8 Å². The molecule has 1 fully saturated rings. The number of carboxylic acid groups (broad SMARTS) is 1. The summed E-state index contributed by atoms with van der Waals surface area (Å²) < 4.78 is 10.4. The van der Waals surface area contributed by atoms with Gasteiger partial charge in [-0.1, -0.05) is 30.3 Å².